The van der Waals surface area contributed by atoms with E-state index in [9.17, 15) is 9.59 Å². The van der Waals surface area contributed by atoms with Crippen LogP contribution in [-0.4, -0.2) is 34.8 Å². The monoisotopic (exact) mass is 434 g/mol. The van der Waals surface area contributed by atoms with Gasteiger partial charge in [-0.2, -0.15) is 0 Å². The van der Waals surface area contributed by atoms with Gasteiger partial charge in [-0.1, -0.05) is 17.3 Å². The molecule has 0 saturated carbocycles. The second-order valence-electron chi connectivity index (χ2n) is 7.04. The molecule has 0 atom stereocenters. The number of hydrogen-bond acceptors (Lipinski definition) is 7. The van der Waals surface area contributed by atoms with Crippen LogP contribution in [-0.2, 0) is 17.9 Å². The van der Waals surface area contributed by atoms with Gasteiger partial charge in [0.05, 0.1) is 38.0 Å². The highest BCUT2D eigenvalue weighted by Gasteiger charge is 2.12. The second kappa shape index (κ2) is 9.34. The number of fused-ring (bicyclic) bond motifs is 1. The third-order valence-electron chi connectivity index (χ3n) is 5.00. The number of ether oxygens (including phenoxy) is 2. The Bertz CT molecular complexity index is 1310. The number of nitrogens with zero attached hydrogens (tertiary/aromatic N) is 3. The van der Waals surface area contributed by atoms with Crippen LogP contribution in [0.2, 0.25) is 0 Å². The van der Waals surface area contributed by atoms with Crippen molar-refractivity contribution in [1.29, 1.82) is 0 Å². The molecule has 2 aromatic carbocycles. The van der Waals surface area contributed by atoms with Crippen molar-refractivity contribution in [1.82, 2.24) is 20.0 Å². The van der Waals surface area contributed by atoms with E-state index in [1.165, 1.54) is 10.9 Å². The Morgan fingerprint density at radius 3 is 2.72 bits per heavy atom. The highest BCUT2D eigenvalue weighted by atomic mass is 16.5. The number of hydrogen-bond donors (Lipinski definition) is 1. The first kappa shape index (κ1) is 21.1. The van der Waals surface area contributed by atoms with Crippen molar-refractivity contribution in [2.45, 2.75) is 19.5 Å². The van der Waals surface area contributed by atoms with E-state index in [-0.39, 0.29) is 31.0 Å². The van der Waals surface area contributed by atoms with Crippen LogP contribution in [0.4, 0.5) is 0 Å². The molecule has 4 rings (SSSR count). The summed E-state index contributed by atoms with van der Waals surface area (Å²) in [7, 11) is 3.13. The fourth-order valence-electron chi connectivity index (χ4n) is 3.29. The summed E-state index contributed by atoms with van der Waals surface area (Å²) in [6.45, 7) is 0.443. The minimum absolute atomic E-state index is 0.139. The van der Waals surface area contributed by atoms with E-state index in [2.05, 4.69) is 15.5 Å². The summed E-state index contributed by atoms with van der Waals surface area (Å²) in [6.07, 6.45) is 1.60. The molecule has 0 aliphatic carbocycles. The van der Waals surface area contributed by atoms with Gasteiger partial charge >= 0.3 is 0 Å². The zero-order valence-corrected chi connectivity index (χ0v) is 17.7. The summed E-state index contributed by atoms with van der Waals surface area (Å²) >= 11 is 0. The predicted octanol–water partition coefficient (Wildman–Crippen LogP) is 2.78. The number of nitrogens with one attached hydrogen (secondary N) is 1. The van der Waals surface area contributed by atoms with E-state index in [1.54, 1.807) is 50.6 Å². The van der Waals surface area contributed by atoms with Crippen molar-refractivity contribution in [3.05, 3.63) is 70.9 Å². The number of aromatic nitrogens is 3. The molecule has 32 heavy (non-hydrogen) atoms. The molecular weight excluding hydrogens is 412 g/mol. The highest BCUT2D eigenvalue weighted by molar-refractivity contribution is 5.77. The standard InChI is InChI=1S/C23H22N4O5/c1-30-19-8-7-15(11-21(19)31-2)20-12-16(26-32-20)13-24-22(28)9-10-27-14-25-18-6-4-3-5-17(18)23(27)29/h3-8,11-12,14H,9-10,13H2,1-2H3,(H,24,28). The summed E-state index contributed by atoms with van der Waals surface area (Å²) < 4.78 is 17.4. The second-order valence-corrected chi connectivity index (χ2v) is 7.04. The molecule has 0 spiro atoms. The molecule has 0 radical (unpaired) electrons. The quantitative estimate of drug-likeness (QED) is 0.454. The fourth-order valence-corrected chi connectivity index (χ4v) is 3.29. The average Bonchev–Trinajstić information content (AvgIpc) is 3.31. The zero-order valence-electron chi connectivity index (χ0n) is 17.7. The Kier molecular flexibility index (Phi) is 6.16. The summed E-state index contributed by atoms with van der Waals surface area (Å²) in [5.74, 6) is 1.53. The number of carbonyl (C=O) groups is 1. The van der Waals surface area contributed by atoms with E-state index in [1.807, 2.05) is 12.1 Å². The molecule has 2 aromatic heterocycles. The van der Waals surface area contributed by atoms with E-state index < -0.39 is 0 Å². The van der Waals surface area contributed by atoms with E-state index >= 15 is 0 Å². The third kappa shape index (κ3) is 4.46. The SMILES string of the molecule is COc1ccc(-c2cc(CNC(=O)CCn3cnc4ccccc4c3=O)no2)cc1OC. The van der Waals surface area contributed by atoms with Crippen molar-refractivity contribution in [3.8, 4) is 22.8 Å². The smallest absolute Gasteiger partial charge is 0.261 e. The maximum absolute atomic E-state index is 12.5. The topological polar surface area (TPSA) is 108 Å². The van der Waals surface area contributed by atoms with Crippen LogP contribution in [0.3, 0.4) is 0 Å². The van der Waals surface area contributed by atoms with Crippen molar-refractivity contribution < 1.29 is 18.8 Å². The molecule has 164 valence electrons. The van der Waals surface area contributed by atoms with Crippen molar-refractivity contribution >= 4 is 16.8 Å². The Morgan fingerprint density at radius 2 is 1.91 bits per heavy atom. The zero-order chi connectivity index (χ0) is 22.5. The number of aryl methyl sites for hydroxylation is 1. The van der Waals surface area contributed by atoms with Gasteiger partial charge in [0.25, 0.3) is 5.56 Å². The molecule has 1 amide bonds. The van der Waals surface area contributed by atoms with Gasteiger partial charge in [-0.15, -0.1) is 0 Å². The van der Waals surface area contributed by atoms with Crippen LogP contribution in [0.15, 0.2) is 64.2 Å². The Labute approximate surface area is 183 Å². The van der Waals surface area contributed by atoms with Crippen molar-refractivity contribution in [3.63, 3.8) is 0 Å². The molecule has 4 aromatic rings. The highest BCUT2D eigenvalue weighted by Crippen LogP contribution is 2.32. The van der Waals surface area contributed by atoms with Crippen molar-refractivity contribution in [2.75, 3.05) is 14.2 Å². The number of amides is 1. The molecule has 0 aliphatic rings. The average molecular weight is 434 g/mol. The molecule has 2 heterocycles. The van der Waals surface area contributed by atoms with Gasteiger partial charge < -0.3 is 19.3 Å². The molecule has 0 unspecified atom stereocenters. The summed E-state index contributed by atoms with van der Waals surface area (Å²) in [5, 5.41) is 7.32. The van der Waals surface area contributed by atoms with Crippen LogP contribution < -0.4 is 20.3 Å². The number of methoxy groups -OCH3 is 2. The van der Waals surface area contributed by atoms with Gasteiger partial charge in [-0.05, 0) is 30.3 Å². The molecule has 0 bridgehead atoms. The lowest BCUT2D eigenvalue weighted by Gasteiger charge is -2.07. The first-order chi connectivity index (χ1) is 15.6. The molecule has 0 saturated heterocycles. The minimum atomic E-state index is -0.208. The maximum Gasteiger partial charge on any atom is 0.261 e. The van der Waals surface area contributed by atoms with Gasteiger partial charge in [-0.3, -0.25) is 14.2 Å². The van der Waals surface area contributed by atoms with Gasteiger partial charge in [0.2, 0.25) is 5.91 Å². The summed E-state index contributed by atoms with van der Waals surface area (Å²) in [6, 6.07) is 14.3. The largest absolute Gasteiger partial charge is 0.493 e. The fraction of sp³-hybridized carbons (Fsp3) is 0.217. The Balaban J connectivity index is 1.35. The molecule has 9 heteroatoms. The summed E-state index contributed by atoms with van der Waals surface area (Å²) in [5.41, 5.74) is 1.82. The number of para-hydroxylation sites is 1. The minimum Gasteiger partial charge on any atom is -0.493 e. The van der Waals surface area contributed by atoms with E-state index in [4.69, 9.17) is 14.0 Å². The van der Waals surface area contributed by atoms with Gasteiger partial charge in [-0.25, -0.2) is 4.98 Å². The van der Waals surface area contributed by atoms with Gasteiger partial charge in [0.1, 0.15) is 5.69 Å². The Hall–Kier alpha value is -4.14. The predicted molar refractivity (Wildman–Crippen MR) is 118 cm³/mol. The molecular formula is C23H22N4O5. The molecule has 9 nitrogen and oxygen atoms in total. The van der Waals surface area contributed by atoms with Crippen LogP contribution in [0.25, 0.3) is 22.2 Å². The lowest BCUT2D eigenvalue weighted by molar-refractivity contribution is -0.121. The first-order valence-corrected chi connectivity index (χ1v) is 9.98. The van der Waals surface area contributed by atoms with E-state index in [0.29, 0.717) is 33.9 Å². The normalized spacial score (nSPS) is 10.8. The lowest BCUT2D eigenvalue weighted by Crippen LogP contribution is -2.27. The molecule has 0 fully saturated rings. The van der Waals surface area contributed by atoms with Crippen molar-refractivity contribution in [2.24, 2.45) is 0 Å². The summed E-state index contributed by atoms with van der Waals surface area (Å²) in [4.78, 5) is 29.0. The van der Waals surface area contributed by atoms with Crippen LogP contribution in [0.1, 0.15) is 12.1 Å². The van der Waals surface area contributed by atoms with Gasteiger partial charge in [0.15, 0.2) is 17.3 Å². The van der Waals surface area contributed by atoms with Crippen LogP contribution >= 0.6 is 0 Å². The molecule has 0 aliphatic heterocycles. The van der Waals surface area contributed by atoms with E-state index in [0.717, 1.165) is 5.56 Å². The number of carbonyl (C=O) groups excluding carboxylic acids is 1. The van der Waals surface area contributed by atoms with Crippen LogP contribution in [0, 0.1) is 0 Å². The third-order valence-corrected chi connectivity index (χ3v) is 5.00. The molecule has 1 N–H and O–H groups in total. The van der Waals surface area contributed by atoms with Gasteiger partial charge in [0, 0.05) is 24.6 Å². The first-order valence-electron chi connectivity index (χ1n) is 9.98. The lowest BCUT2D eigenvalue weighted by atomic mass is 10.1. The number of benzene rings is 2. The number of rotatable bonds is 8. The maximum atomic E-state index is 12.5. The Morgan fingerprint density at radius 1 is 1.09 bits per heavy atom. The van der Waals surface area contributed by atoms with Crippen LogP contribution in [0.5, 0.6) is 11.5 Å².